The molecular weight excluding hydrogens is 298 g/mol. The molecule has 2 aliphatic heterocycles. The lowest BCUT2D eigenvalue weighted by molar-refractivity contribution is -0.137. The van der Waals surface area contributed by atoms with Gasteiger partial charge in [0, 0.05) is 26.2 Å². The number of carbonyl (C=O) groups is 1. The Morgan fingerprint density at radius 3 is 2.54 bits per heavy atom. The maximum Gasteiger partial charge on any atom is 0.227 e. The Morgan fingerprint density at radius 2 is 1.83 bits per heavy atom. The van der Waals surface area contributed by atoms with Gasteiger partial charge in [0.1, 0.15) is 0 Å². The molecule has 2 aliphatic rings. The molecule has 3 rings (SSSR count). The fraction of sp³-hybridized carbons (Fsp3) is 0.650. The molecule has 1 aromatic rings. The predicted octanol–water partition coefficient (Wildman–Crippen LogP) is 2.45. The van der Waals surface area contributed by atoms with Crippen molar-refractivity contribution in [3.05, 3.63) is 35.9 Å². The van der Waals surface area contributed by atoms with Crippen LogP contribution in [0.15, 0.2) is 30.3 Å². The zero-order chi connectivity index (χ0) is 16.9. The first kappa shape index (κ1) is 17.4. The van der Waals surface area contributed by atoms with Gasteiger partial charge in [0.05, 0.1) is 5.92 Å². The van der Waals surface area contributed by atoms with Gasteiger partial charge in [-0.25, -0.2) is 0 Å². The lowest BCUT2D eigenvalue weighted by Crippen LogP contribution is -2.50. The molecule has 0 bridgehead atoms. The predicted molar refractivity (Wildman–Crippen MR) is 97.7 cm³/mol. The second-order valence-corrected chi connectivity index (χ2v) is 7.55. The summed E-state index contributed by atoms with van der Waals surface area (Å²) in [5.41, 5.74) is 1.20. The minimum Gasteiger partial charge on any atom is -0.341 e. The number of likely N-dealkylation sites (tertiary alicyclic amines) is 2. The molecule has 0 aliphatic carbocycles. The number of hydrogen-bond acceptors (Lipinski definition) is 3. The Kier molecular flexibility index (Phi) is 5.90. The molecule has 0 saturated carbocycles. The number of carbonyl (C=O) groups excluding carboxylic acids is 1. The van der Waals surface area contributed by atoms with Crippen molar-refractivity contribution in [1.29, 1.82) is 0 Å². The second kappa shape index (κ2) is 8.13. The van der Waals surface area contributed by atoms with Crippen molar-refractivity contribution < 1.29 is 4.79 Å². The van der Waals surface area contributed by atoms with E-state index in [4.69, 9.17) is 0 Å². The molecule has 4 heteroatoms. The molecule has 4 nitrogen and oxygen atoms in total. The van der Waals surface area contributed by atoms with E-state index in [1.165, 1.54) is 38.0 Å². The first-order chi connectivity index (χ1) is 11.6. The van der Waals surface area contributed by atoms with Gasteiger partial charge in [-0.15, -0.1) is 0 Å². The quantitative estimate of drug-likeness (QED) is 0.849. The highest BCUT2D eigenvalue weighted by Crippen LogP contribution is 2.25. The normalized spacial score (nSPS) is 24.0. The fourth-order valence-electron chi connectivity index (χ4n) is 4.15. The van der Waals surface area contributed by atoms with Gasteiger partial charge in [-0.3, -0.25) is 9.69 Å². The third-order valence-corrected chi connectivity index (χ3v) is 5.65. The average Bonchev–Trinajstić information content (AvgIpc) is 2.62. The van der Waals surface area contributed by atoms with Crippen molar-refractivity contribution in [3.63, 3.8) is 0 Å². The van der Waals surface area contributed by atoms with Gasteiger partial charge in [-0.1, -0.05) is 30.3 Å². The minimum absolute atomic E-state index is 0.173. The summed E-state index contributed by atoms with van der Waals surface area (Å²) < 4.78 is 0. The molecule has 0 radical (unpaired) electrons. The molecule has 2 fully saturated rings. The van der Waals surface area contributed by atoms with Crippen molar-refractivity contribution in [2.24, 2.45) is 5.92 Å². The average molecular weight is 329 g/mol. The highest BCUT2D eigenvalue weighted by atomic mass is 16.2. The van der Waals surface area contributed by atoms with E-state index in [0.29, 0.717) is 18.5 Å². The van der Waals surface area contributed by atoms with E-state index in [9.17, 15) is 4.79 Å². The monoisotopic (exact) mass is 329 g/mol. The van der Waals surface area contributed by atoms with E-state index in [-0.39, 0.29) is 5.92 Å². The van der Waals surface area contributed by atoms with Crippen LogP contribution in [0, 0.1) is 5.92 Å². The molecule has 1 atom stereocenters. The summed E-state index contributed by atoms with van der Waals surface area (Å²) in [4.78, 5) is 19.8. The molecule has 0 N–H and O–H groups in total. The van der Waals surface area contributed by atoms with Crippen LogP contribution in [0.2, 0.25) is 0 Å². The lowest BCUT2D eigenvalue weighted by atomic mass is 9.93. The Bertz CT molecular complexity index is 525. The van der Waals surface area contributed by atoms with E-state index >= 15 is 0 Å². The Labute approximate surface area is 146 Å². The topological polar surface area (TPSA) is 26.8 Å². The first-order valence-electron chi connectivity index (χ1n) is 9.35. The molecule has 24 heavy (non-hydrogen) atoms. The van der Waals surface area contributed by atoms with Crippen LogP contribution in [0.3, 0.4) is 0 Å². The Balaban J connectivity index is 1.54. The van der Waals surface area contributed by atoms with Gasteiger partial charge in [0.15, 0.2) is 0 Å². The molecule has 132 valence electrons. The van der Waals surface area contributed by atoms with Crippen molar-refractivity contribution in [2.45, 2.75) is 38.3 Å². The SMILES string of the molecule is CN1CCC(N2CCC[C@@H](C(=O)N(C)Cc3ccccc3)C2)CC1. The van der Waals surface area contributed by atoms with Gasteiger partial charge >= 0.3 is 0 Å². The molecule has 2 heterocycles. The van der Waals surface area contributed by atoms with Crippen LogP contribution in [0.25, 0.3) is 0 Å². The Morgan fingerprint density at radius 1 is 1.12 bits per heavy atom. The minimum atomic E-state index is 0.173. The number of amides is 1. The van der Waals surface area contributed by atoms with Crippen LogP contribution < -0.4 is 0 Å². The number of nitrogens with zero attached hydrogens (tertiary/aromatic N) is 3. The van der Waals surface area contributed by atoms with E-state index in [2.05, 4.69) is 29.0 Å². The molecule has 1 amide bonds. The fourth-order valence-corrected chi connectivity index (χ4v) is 4.15. The van der Waals surface area contributed by atoms with Gasteiger partial charge in [0.25, 0.3) is 0 Å². The number of hydrogen-bond donors (Lipinski definition) is 0. The molecular formula is C20H31N3O. The summed E-state index contributed by atoms with van der Waals surface area (Å²) in [6, 6.07) is 11.0. The summed E-state index contributed by atoms with van der Waals surface area (Å²) in [7, 11) is 4.15. The highest BCUT2D eigenvalue weighted by Gasteiger charge is 2.32. The van der Waals surface area contributed by atoms with Crippen molar-refractivity contribution >= 4 is 5.91 Å². The third-order valence-electron chi connectivity index (χ3n) is 5.65. The van der Waals surface area contributed by atoms with Crippen LogP contribution in [0.4, 0.5) is 0 Å². The first-order valence-corrected chi connectivity index (χ1v) is 9.35. The number of rotatable bonds is 4. The standard InChI is InChI=1S/C20H31N3O/c1-21-13-10-19(11-14-21)23-12-6-9-18(16-23)20(24)22(2)15-17-7-4-3-5-8-17/h3-5,7-8,18-19H,6,9-16H2,1-2H3/t18-/m1/s1. The molecule has 2 saturated heterocycles. The second-order valence-electron chi connectivity index (χ2n) is 7.55. The van der Waals surface area contributed by atoms with Crippen molar-refractivity contribution in [2.75, 3.05) is 40.3 Å². The molecule has 0 aromatic heterocycles. The smallest absolute Gasteiger partial charge is 0.227 e. The maximum absolute atomic E-state index is 12.9. The van der Waals surface area contributed by atoms with Crippen molar-refractivity contribution in [3.8, 4) is 0 Å². The van der Waals surface area contributed by atoms with Crippen LogP contribution in [0.1, 0.15) is 31.2 Å². The van der Waals surface area contributed by atoms with Gasteiger partial charge < -0.3 is 9.80 Å². The zero-order valence-corrected chi connectivity index (χ0v) is 15.2. The summed E-state index contributed by atoms with van der Waals surface area (Å²) in [6.45, 7) is 5.21. The molecule has 0 unspecified atom stereocenters. The maximum atomic E-state index is 12.9. The lowest BCUT2D eigenvalue weighted by Gasteiger charge is -2.41. The van der Waals surface area contributed by atoms with Gasteiger partial charge in [-0.05, 0) is 57.9 Å². The Hall–Kier alpha value is -1.39. The van der Waals surface area contributed by atoms with Crippen LogP contribution in [-0.2, 0) is 11.3 Å². The summed E-state index contributed by atoms with van der Waals surface area (Å²) in [6.07, 6.45) is 4.69. The number of piperidine rings is 2. The molecule has 0 spiro atoms. The molecule has 1 aromatic carbocycles. The van der Waals surface area contributed by atoms with Crippen LogP contribution in [0.5, 0.6) is 0 Å². The largest absolute Gasteiger partial charge is 0.341 e. The highest BCUT2D eigenvalue weighted by molar-refractivity contribution is 5.79. The summed E-state index contributed by atoms with van der Waals surface area (Å²) in [5.74, 6) is 0.489. The van der Waals surface area contributed by atoms with Gasteiger partial charge in [0.2, 0.25) is 5.91 Å². The van der Waals surface area contributed by atoms with E-state index in [0.717, 1.165) is 19.4 Å². The van der Waals surface area contributed by atoms with E-state index in [1.807, 2.05) is 30.1 Å². The van der Waals surface area contributed by atoms with E-state index in [1.54, 1.807) is 0 Å². The van der Waals surface area contributed by atoms with Crippen molar-refractivity contribution in [1.82, 2.24) is 14.7 Å². The number of benzene rings is 1. The van der Waals surface area contributed by atoms with Crippen LogP contribution in [-0.4, -0.2) is 66.9 Å². The summed E-state index contributed by atoms with van der Waals surface area (Å²) >= 11 is 0. The third kappa shape index (κ3) is 4.37. The van der Waals surface area contributed by atoms with Gasteiger partial charge in [-0.2, -0.15) is 0 Å². The summed E-state index contributed by atoms with van der Waals surface area (Å²) in [5, 5.41) is 0. The van der Waals surface area contributed by atoms with Crippen LogP contribution >= 0.6 is 0 Å². The zero-order valence-electron chi connectivity index (χ0n) is 15.2. The van der Waals surface area contributed by atoms with E-state index < -0.39 is 0 Å².